The summed E-state index contributed by atoms with van der Waals surface area (Å²) in [6.07, 6.45) is 8.25. The van der Waals surface area contributed by atoms with E-state index in [2.05, 4.69) is 10.4 Å². The highest BCUT2D eigenvalue weighted by molar-refractivity contribution is 5.81. The van der Waals surface area contributed by atoms with E-state index < -0.39 is 0 Å². The number of nitrogens with one attached hydrogen (secondary N) is 1. The summed E-state index contributed by atoms with van der Waals surface area (Å²) in [6, 6.07) is 2.03. The standard InChI is InChI=1S/C20H32N4O2/c1-15-13-16(2)24(22-15)14-19(25)23-12-8-4-3-7-11-21-20(26)17-9-5-6-10-18(17)23/h13,17-18H,3-12,14H2,1-2H3,(H,21,26)/t17-,18+/m1/s1. The van der Waals surface area contributed by atoms with Gasteiger partial charge >= 0.3 is 0 Å². The van der Waals surface area contributed by atoms with Crippen LogP contribution in [0.4, 0.5) is 0 Å². The van der Waals surface area contributed by atoms with E-state index in [0.717, 1.165) is 75.8 Å². The Morgan fingerprint density at radius 2 is 1.92 bits per heavy atom. The van der Waals surface area contributed by atoms with Crippen LogP contribution in [0.25, 0.3) is 0 Å². The fourth-order valence-corrected chi connectivity index (χ4v) is 4.42. The van der Waals surface area contributed by atoms with Gasteiger partial charge in [-0.15, -0.1) is 0 Å². The predicted octanol–water partition coefficient (Wildman–Crippen LogP) is 2.58. The second-order valence-corrected chi connectivity index (χ2v) is 7.84. The molecule has 6 heteroatoms. The summed E-state index contributed by atoms with van der Waals surface area (Å²) in [5.74, 6) is 0.173. The Morgan fingerprint density at radius 1 is 1.15 bits per heavy atom. The van der Waals surface area contributed by atoms with Crippen LogP contribution in [0.3, 0.4) is 0 Å². The monoisotopic (exact) mass is 360 g/mol. The smallest absolute Gasteiger partial charge is 0.244 e. The average Bonchev–Trinajstić information content (AvgIpc) is 2.92. The molecule has 2 aliphatic rings. The Morgan fingerprint density at radius 3 is 2.69 bits per heavy atom. The first kappa shape index (κ1) is 18.9. The van der Waals surface area contributed by atoms with Gasteiger partial charge in [-0.1, -0.05) is 25.7 Å². The maximum Gasteiger partial charge on any atom is 0.244 e. The lowest BCUT2D eigenvalue weighted by molar-refractivity contribution is -0.139. The molecule has 1 aromatic rings. The first-order valence-corrected chi connectivity index (χ1v) is 10.1. The van der Waals surface area contributed by atoms with Crippen molar-refractivity contribution < 1.29 is 9.59 Å². The summed E-state index contributed by atoms with van der Waals surface area (Å²) in [5, 5.41) is 7.55. The maximum atomic E-state index is 13.2. The number of aryl methyl sites for hydroxylation is 2. The van der Waals surface area contributed by atoms with Gasteiger partial charge in [0.2, 0.25) is 11.8 Å². The molecule has 0 bridgehead atoms. The Hall–Kier alpha value is -1.85. The number of hydrogen-bond acceptors (Lipinski definition) is 3. The molecule has 26 heavy (non-hydrogen) atoms. The van der Waals surface area contributed by atoms with E-state index in [1.165, 1.54) is 0 Å². The van der Waals surface area contributed by atoms with Crippen molar-refractivity contribution in [1.29, 1.82) is 0 Å². The Balaban J connectivity index is 1.80. The number of aromatic nitrogens is 2. The van der Waals surface area contributed by atoms with Crippen molar-refractivity contribution >= 4 is 11.8 Å². The van der Waals surface area contributed by atoms with Crippen molar-refractivity contribution in [2.75, 3.05) is 13.1 Å². The summed E-state index contributed by atoms with van der Waals surface area (Å²) in [4.78, 5) is 27.9. The van der Waals surface area contributed by atoms with Gasteiger partial charge in [0.25, 0.3) is 0 Å². The van der Waals surface area contributed by atoms with Crippen molar-refractivity contribution in [3.8, 4) is 0 Å². The summed E-state index contributed by atoms with van der Waals surface area (Å²) in [5.41, 5.74) is 1.94. The Kier molecular flexibility index (Phi) is 6.33. The third-order valence-corrected chi connectivity index (χ3v) is 5.80. The topological polar surface area (TPSA) is 67.2 Å². The van der Waals surface area contributed by atoms with Gasteiger partial charge in [-0.25, -0.2) is 0 Å². The first-order chi connectivity index (χ1) is 12.6. The van der Waals surface area contributed by atoms with Crippen LogP contribution in [0.1, 0.15) is 62.8 Å². The third-order valence-electron chi connectivity index (χ3n) is 5.80. The summed E-state index contributed by atoms with van der Waals surface area (Å²) < 4.78 is 1.79. The van der Waals surface area contributed by atoms with Gasteiger partial charge in [-0.3, -0.25) is 14.3 Å². The van der Waals surface area contributed by atoms with Gasteiger partial charge < -0.3 is 10.2 Å². The lowest BCUT2D eigenvalue weighted by Crippen LogP contribution is -2.51. The minimum absolute atomic E-state index is 0.0336. The molecule has 6 nitrogen and oxygen atoms in total. The van der Waals surface area contributed by atoms with Crippen molar-refractivity contribution in [3.05, 3.63) is 17.5 Å². The number of carbonyl (C=O) groups is 2. The number of amides is 2. The van der Waals surface area contributed by atoms with Gasteiger partial charge in [-0.2, -0.15) is 5.10 Å². The second-order valence-electron chi connectivity index (χ2n) is 7.84. The van der Waals surface area contributed by atoms with E-state index >= 15 is 0 Å². The Labute approximate surface area is 156 Å². The molecule has 144 valence electrons. The van der Waals surface area contributed by atoms with E-state index in [-0.39, 0.29) is 30.3 Å². The predicted molar refractivity (Wildman–Crippen MR) is 101 cm³/mol. The van der Waals surface area contributed by atoms with Gasteiger partial charge in [0.1, 0.15) is 6.54 Å². The summed E-state index contributed by atoms with van der Waals surface area (Å²) >= 11 is 0. The van der Waals surface area contributed by atoms with Crippen LogP contribution in [0.5, 0.6) is 0 Å². The molecule has 0 radical (unpaired) electrons. The molecule has 1 aromatic heterocycles. The molecule has 1 aliphatic carbocycles. The summed E-state index contributed by atoms with van der Waals surface area (Å²) in [6.45, 7) is 5.72. The molecule has 1 N–H and O–H groups in total. The SMILES string of the molecule is Cc1cc(C)n(CC(=O)N2CCCCCCNC(=O)[C@@H]3CCCC[C@@H]32)n1. The number of nitrogens with zero attached hydrogens (tertiary/aromatic N) is 3. The minimum atomic E-state index is -0.0637. The van der Waals surface area contributed by atoms with E-state index in [1.54, 1.807) is 4.68 Å². The van der Waals surface area contributed by atoms with E-state index in [0.29, 0.717) is 0 Å². The zero-order valence-electron chi connectivity index (χ0n) is 16.2. The highest BCUT2D eigenvalue weighted by Gasteiger charge is 2.37. The molecule has 0 spiro atoms. The highest BCUT2D eigenvalue weighted by Crippen LogP contribution is 2.30. The molecule has 0 unspecified atom stereocenters. The quantitative estimate of drug-likeness (QED) is 0.881. The van der Waals surface area contributed by atoms with E-state index in [9.17, 15) is 9.59 Å². The van der Waals surface area contributed by atoms with Gasteiger partial charge in [-0.05, 0) is 45.6 Å². The fourth-order valence-electron chi connectivity index (χ4n) is 4.42. The van der Waals surface area contributed by atoms with Gasteiger partial charge in [0.05, 0.1) is 11.6 Å². The molecule has 2 heterocycles. The molecular weight excluding hydrogens is 328 g/mol. The van der Waals surface area contributed by atoms with Crippen LogP contribution in [-0.4, -0.2) is 45.6 Å². The molecule has 1 saturated carbocycles. The van der Waals surface area contributed by atoms with Crippen LogP contribution in [0.2, 0.25) is 0 Å². The fraction of sp³-hybridized carbons (Fsp3) is 0.750. The van der Waals surface area contributed by atoms with Gasteiger partial charge in [0.15, 0.2) is 0 Å². The lowest BCUT2D eigenvalue weighted by atomic mass is 9.82. The minimum Gasteiger partial charge on any atom is -0.356 e. The van der Waals surface area contributed by atoms with Crippen molar-refractivity contribution in [3.63, 3.8) is 0 Å². The van der Waals surface area contributed by atoms with Crippen molar-refractivity contribution in [1.82, 2.24) is 20.0 Å². The number of hydrogen-bond donors (Lipinski definition) is 1. The van der Waals surface area contributed by atoms with Crippen LogP contribution in [0.15, 0.2) is 6.07 Å². The first-order valence-electron chi connectivity index (χ1n) is 10.1. The molecule has 1 aliphatic heterocycles. The van der Waals surface area contributed by atoms with E-state index in [1.807, 2.05) is 24.8 Å². The van der Waals surface area contributed by atoms with Crippen LogP contribution in [-0.2, 0) is 16.1 Å². The number of fused-ring (bicyclic) bond motifs is 1. The maximum absolute atomic E-state index is 13.2. The molecule has 2 amide bonds. The zero-order chi connectivity index (χ0) is 18.5. The number of rotatable bonds is 2. The van der Waals surface area contributed by atoms with Crippen LogP contribution in [0, 0.1) is 19.8 Å². The highest BCUT2D eigenvalue weighted by atomic mass is 16.2. The second kappa shape index (κ2) is 8.69. The lowest BCUT2D eigenvalue weighted by Gasteiger charge is -2.39. The molecule has 2 fully saturated rings. The largest absolute Gasteiger partial charge is 0.356 e. The average molecular weight is 361 g/mol. The third kappa shape index (κ3) is 4.46. The van der Waals surface area contributed by atoms with Crippen LogP contribution >= 0.6 is 0 Å². The number of carbonyl (C=O) groups excluding carboxylic acids is 2. The molecule has 0 aromatic carbocycles. The van der Waals surface area contributed by atoms with Crippen molar-refractivity contribution in [2.24, 2.45) is 5.92 Å². The van der Waals surface area contributed by atoms with Crippen molar-refractivity contribution in [2.45, 2.75) is 77.8 Å². The zero-order valence-corrected chi connectivity index (χ0v) is 16.2. The summed E-state index contributed by atoms with van der Waals surface area (Å²) in [7, 11) is 0. The normalized spacial score (nSPS) is 25.2. The van der Waals surface area contributed by atoms with Gasteiger partial charge in [0, 0.05) is 24.8 Å². The molecule has 1 saturated heterocycles. The Bertz CT molecular complexity index is 640. The van der Waals surface area contributed by atoms with Crippen LogP contribution < -0.4 is 5.32 Å². The molecular formula is C20H32N4O2. The van der Waals surface area contributed by atoms with E-state index in [4.69, 9.17) is 0 Å². The molecule has 2 atom stereocenters. The molecule has 3 rings (SSSR count).